The van der Waals surface area contributed by atoms with Crippen LogP contribution in [0.2, 0.25) is 0 Å². The Balaban J connectivity index is 1.86. The van der Waals surface area contributed by atoms with Gasteiger partial charge >= 0.3 is 0 Å². The molecule has 1 aromatic carbocycles. The van der Waals surface area contributed by atoms with Crippen molar-refractivity contribution < 1.29 is 14.0 Å². The summed E-state index contributed by atoms with van der Waals surface area (Å²) < 4.78 is 15.7. The minimum Gasteiger partial charge on any atom is -0.493 e. The lowest BCUT2D eigenvalue weighted by Gasteiger charge is -2.03. The highest BCUT2D eigenvalue weighted by Gasteiger charge is 2.18. The van der Waals surface area contributed by atoms with E-state index in [0.29, 0.717) is 18.3 Å². The van der Waals surface area contributed by atoms with Crippen LogP contribution in [0.25, 0.3) is 11.5 Å². The van der Waals surface area contributed by atoms with Gasteiger partial charge in [0.25, 0.3) is 5.89 Å². The van der Waals surface area contributed by atoms with Crippen molar-refractivity contribution in [3.63, 3.8) is 0 Å². The van der Waals surface area contributed by atoms with E-state index in [1.54, 1.807) is 7.11 Å². The Labute approximate surface area is 110 Å². The molecule has 0 aliphatic carbocycles. The monoisotopic (exact) mass is 261 g/mol. The Morgan fingerprint density at radius 1 is 1.47 bits per heavy atom. The molecule has 19 heavy (non-hydrogen) atoms. The number of nitrogens with two attached hydrogens (primary N) is 1. The largest absolute Gasteiger partial charge is 0.493 e. The predicted octanol–water partition coefficient (Wildman–Crippen LogP) is 1.32. The molecule has 2 N–H and O–H groups in total. The first-order valence-electron chi connectivity index (χ1n) is 6.12. The number of aromatic nitrogens is 2. The number of benzene rings is 1. The fourth-order valence-electron chi connectivity index (χ4n) is 2.08. The van der Waals surface area contributed by atoms with Crippen molar-refractivity contribution in [2.45, 2.75) is 12.5 Å². The Morgan fingerprint density at radius 3 is 3.21 bits per heavy atom. The first kappa shape index (κ1) is 12.1. The third-order valence-electron chi connectivity index (χ3n) is 3.06. The van der Waals surface area contributed by atoms with E-state index in [-0.39, 0.29) is 6.04 Å². The summed E-state index contributed by atoms with van der Waals surface area (Å²) in [5.41, 5.74) is 7.90. The smallest absolute Gasteiger partial charge is 0.257 e. The maximum absolute atomic E-state index is 5.86. The predicted molar refractivity (Wildman–Crippen MR) is 67.7 cm³/mol. The van der Waals surface area contributed by atoms with Gasteiger partial charge in [0.2, 0.25) is 0 Å². The molecule has 1 atom stereocenters. The summed E-state index contributed by atoms with van der Waals surface area (Å²) in [6, 6.07) is 5.47. The van der Waals surface area contributed by atoms with Gasteiger partial charge in [-0.2, -0.15) is 4.98 Å². The lowest BCUT2D eigenvalue weighted by molar-refractivity contribution is 0.177. The lowest BCUT2D eigenvalue weighted by atomic mass is 10.1. The van der Waals surface area contributed by atoms with Crippen molar-refractivity contribution in [2.75, 3.05) is 20.3 Å². The van der Waals surface area contributed by atoms with E-state index >= 15 is 0 Å². The molecule has 0 bridgehead atoms. The zero-order chi connectivity index (χ0) is 13.2. The molecule has 0 fully saturated rings. The first-order chi connectivity index (χ1) is 9.28. The van der Waals surface area contributed by atoms with E-state index in [4.69, 9.17) is 19.7 Å². The van der Waals surface area contributed by atoms with Crippen molar-refractivity contribution in [1.82, 2.24) is 10.1 Å². The second-order valence-corrected chi connectivity index (χ2v) is 4.44. The van der Waals surface area contributed by atoms with Crippen LogP contribution in [0.4, 0.5) is 0 Å². The molecule has 0 amide bonds. The summed E-state index contributed by atoms with van der Waals surface area (Å²) in [5.74, 6) is 1.85. The van der Waals surface area contributed by atoms with Crippen LogP contribution in [0.15, 0.2) is 22.7 Å². The van der Waals surface area contributed by atoms with E-state index in [1.165, 1.54) is 5.56 Å². The molecule has 6 nitrogen and oxygen atoms in total. The number of nitrogens with zero attached hydrogens (tertiary/aromatic N) is 2. The second-order valence-electron chi connectivity index (χ2n) is 4.44. The number of methoxy groups -OCH3 is 1. The highest BCUT2D eigenvalue weighted by molar-refractivity contribution is 5.58. The molecule has 6 heteroatoms. The van der Waals surface area contributed by atoms with Gasteiger partial charge in [0, 0.05) is 19.1 Å². The van der Waals surface area contributed by atoms with Gasteiger partial charge in [0.15, 0.2) is 5.82 Å². The van der Waals surface area contributed by atoms with E-state index in [2.05, 4.69) is 10.1 Å². The molecule has 3 rings (SSSR count). The van der Waals surface area contributed by atoms with E-state index in [9.17, 15) is 0 Å². The van der Waals surface area contributed by atoms with E-state index in [0.717, 1.165) is 24.3 Å². The molecule has 1 aliphatic heterocycles. The number of hydrogen-bond acceptors (Lipinski definition) is 6. The quantitative estimate of drug-likeness (QED) is 0.893. The van der Waals surface area contributed by atoms with Gasteiger partial charge in [0.1, 0.15) is 5.75 Å². The molecular weight excluding hydrogens is 246 g/mol. The molecular formula is C13H15N3O3. The minimum absolute atomic E-state index is 0.358. The number of fused-ring (bicyclic) bond motifs is 1. The van der Waals surface area contributed by atoms with Gasteiger partial charge in [-0.1, -0.05) is 5.16 Å². The van der Waals surface area contributed by atoms with Gasteiger partial charge in [-0.05, 0) is 23.8 Å². The normalized spacial score (nSPS) is 15.1. The van der Waals surface area contributed by atoms with Crippen LogP contribution < -0.4 is 10.5 Å². The van der Waals surface area contributed by atoms with Crippen molar-refractivity contribution in [1.29, 1.82) is 0 Å². The fraction of sp³-hybridized carbons (Fsp3) is 0.385. The van der Waals surface area contributed by atoms with E-state index in [1.807, 2.05) is 18.2 Å². The van der Waals surface area contributed by atoms with Gasteiger partial charge in [-0.25, -0.2) is 0 Å². The molecule has 1 aliphatic rings. The summed E-state index contributed by atoms with van der Waals surface area (Å²) in [4.78, 5) is 4.30. The summed E-state index contributed by atoms with van der Waals surface area (Å²) in [5, 5.41) is 3.88. The molecule has 2 heterocycles. The number of hydrogen-bond donors (Lipinski definition) is 1. The van der Waals surface area contributed by atoms with Crippen LogP contribution in [-0.4, -0.2) is 30.5 Å². The average Bonchev–Trinajstić information content (AvgIpc) is 3.07. The van der Waals surface area contributed by atoms with Crippen molar-refractivity contribution in [3.05, 3.63) is 29.6 Å². The lowest BCUT2D eigenvalue weighted by Crippen LogP contribution is -2.17. The second kappa shape index (κ2) is 4.99. The highest BCUT2D eigenvalue weighted by atomic mass is 16.5. The van der Waals surface area contributed by atoms with Crippen LogP contribution >= 0.6 is 0 Å². The van der Waals surface area contributed by atoms with Crippen LogP contribution in [0.1, 0.15) is 17.4 Å². The van der Waals surface area contributed by atoms with Crippen LogP contribution in [0.5, 0.6) is 5.75 Å². The van der Waals surface area contributed by atoms with Crippen molar-refractivity contribution >= 4 is 0 Å². The van der Waals surface area contributed by atoms with Gasteiger partial charge < -0.3 is 19.7 Å². The third-order valence-corrected chi connectivity index (χ3v) is 3.06. The van der Waals surface area contributed by atoms with Crippen LogP contribution in [0, 0.1) is 0 Å². The fourth-order valence-corrected chi connectivity index (χ4v) is 2.08. The summed E-state index contributed by atoms with van der Waals surface area (Å²) >= 11 is 0. The van der Waals surface area contributed by atoms with Crippen LogP contribution in [-0.2, 0) is 11.2 Å². The molecule has 0 spiro atoms. The maximum Gasteiger partial charge on any atom is 0.257 e. The Kier molecular flexibility index (Phi) is 3.18. The summed E-state index contributed by atoms with van der Waals surface area (Å²) in [7, 11) is 1.58. The zero-order valence-corrected chi connectivity index (χ0v) is 10.6. The molecule has 100 valence electrons. The molecule has 2 aromatic rings. The molecule has 1 unspecified atom stereocenters. The average molecular weight is 261 g/mol. The third kappa shape index (κ3) is 2.32. The minimum atomic E-state index is -0.375. The van der Waals surface area contributed by atoms with Gasteiger partial charge in [-0.15, -0.1) is 0 Å². The number of ether oxygens (including phenoxy) is 2. The topological polar surface area (TPSA) is 83.4 Å². The molecule has 1 aromatic heterocycles. The molecule has 0 saturated heterocycles. The standard InChI is InChI=1S/C13H15N3O3/c1-17-7-10(14)12-15-13(19-16-12)9-2-3-11-8(6-9)4-5-18-11/h2-3,6,10H,4-5,7,14H2,1H3. The van der Waals surface area contributed by atoms with Gasteiger partial charge in [-0.3, -0.25) is 0 Å². The van der Waals surface area contributed by atoms with Crippen LogP contribution in [0.3, 0.4) is 0 Å². The van der Waals surface area contributed by atoms with Gasteiger partial charge in [0.05, 0.1) is 19.3 Å². The number of rotatable bonds is 4. The highest BCUT2D eigenvalue weighted by Crippen LogP contribution is 2.29. The Bertz CT molecular complexity index is 582. The van der Waals surface area contributed by atoms with E-state index < -0.39 is 0 Å². The Morgan fingerprint density at radius 2 is 2.37 bits per heavy atom. The zero-order valence-electron chi connectivity index (χ0n) is 10.6. The van der Waals surface area contributed by atoms with Crippen molar-refractivity contribution in [3.8, 4) is 17.2 Å². The first-order valence-corrected chi connectivity index (χ1v) is 6.12. The summed E-state index contributed by atoms with van der Waals surface area (Å²) in [6.45, 7) is 1.09. The SMILES string of the molecule is COCC(N)c1noc(-c2ccc3c(c2)CCO3)n1. The molecule has 0 radical (unpaired) electrons. The Hall–Kier alpha value is -1.92. The van der Waals surface area contributed by atoms with Crippen molar-refractivity contribution in [2.24, 2.45) is 5.73 Å². The summed E-state index contributed by atoms with van der Waals surface area (Å²) in [6.07, 6.45) is 0.910. The molecule has 0 saturated carbocycles. The maximum atomic E-state index is 5.86.